The summed E-state index contributed by atoms with van der Waals surface area (Å²) in [5.41, 5.74) is 2.40. The maximum atomic E-state index is 12.2. The number of hydrogen-bond acceptors (Lipinski definition) is 4. The molecule has 0 spiro atoms. The van der Waals surface area contributed by atoms with Crippen LogP contribution >= 0.6 is 0 Å². The van der Waals surface area contributed by atoms with Crippen LogP contribution in [0.4, 0.5) is 5.69 Å². The van der Waals surface area contributed by atoms with Gasteiger partial charge in [-0.3, -0.25) is 9.59 Å². The van der Waals surface area contributed by atoms with Crippen molar-refractivity contribution >= 4 is 17.6 Å². The molecule has 1 amide bonds. The van der Waals surface area contributed by atoms with Gasteiger partial charge in [-0.05, 0) is 19.1 Å². The second-order valence-corrected chi connectivity index (χ2v) is 4.67. The zero-order valence-corrected chi connectivity index (χ0v) is 12.0. The van der Waals surface area contributed by atoms with Crippen molar-refractivity contribution < 1.29 is 19.1 Å². The Morgan fingerprint density at radius 2 is 2.00 bits per heavy atom. The summed E-state index contributed by atoms with van der Waals surface area (Å²) in [5, 5.41) is 2.82. The number of rotatable bonds is 4. The molecule has 5 heteroatoms. The molecule has 1 N–H and O–H groups in total. The van der Waals surface area contributed by atoms with Gasteiger partial charge in [-0.15, -0.1) is 0 Å². The van der Waals surface area contributed by atoms with Crippen LogP contribution in [0, 0.1) is 6.92 Å². The van der Waals surface area contributed by atoms with E-state index in [0.717, 1.165) is 11.3 Å². The molecule has 1 heterocycles. The number of ether oxygens (including phenoxy) is 2. The van der Waals surface area contributed by atoms with E-state index in [1.54, 1.807) is 0 Å². The highest BCUT2D eigenvalue weighted by atomic mass is 16.5. The maximum absolute atomic E-state index is 12.2. The van der Waals surface area contributed by atoms with Crippen LogP contribution in [-0.2, 0) is 19.1 Å². The number of allylic oxidation sites excluding steroid dienone is 1. The number of carbonyl (C=O) groups is 2. The smallest absolute Gasteiger partial charge is 0.307 e. The molecule has 110 valence electrons. The number of esters is 1. The SMILES string of the molecule is CC(=O)O/C=C\C1=C(C(=O)Nc2ccc(C)cc2)CCO1. The minimum Gasteiger partial charge on any atom is -0.493 e. The van der Waals surface area contributed by atoms with Crippen molar-refractivity contribution in [2.75, 3.05) is 11.9 Å². The highest BCUT2D eigenvalue weighted by molar-refractivity contribution is 6.04. The summed E-state index contributed by atoms with van der Waals surface area (Å²) in [6, 6.07) is 7.54. The van der Waals surface area contributed by atoms with Crippen LogP contribution in [0.5, 0.6) is 0 Å². The third-order valence-electron chi connectivity index (χ3n) is 2.94. The average Bonchev–Trinajstić information content (AvgIpc) is 2.89. The average molecular weight is 287 g/mol. The first kappa shape index (κ1) is 14.8. The number of aryl methyl sites for hydroxylation is 1. The topological polar surface area (TPSA) is 64.6 Å². The molecule has 0 bridgehead atoms. The van der Waals surface area contributed by atoms with E-state index in [0.29, 0.717) is 24.4 Å². The van der Waals surface area contributed by atoms with Gasteiger partial charge >= 0.3 is 5.97 Å². The summed E-state index contributed by atoms with van der Waals surface area (Å²) in [7, 11) is 0. The molecule has 1 aromatic carbocycles. The number of amides is 1. The minimum absolute atomic E-state index is 0.209. The molecule has 0 unspecified atom stereocenters. The number of anilines is 1. The monoisotopic (exact) mass is 287 g/mol. The van der Waals surface area contributed by atoms with Gasteiger partial charge in [0, 0.05) is 25.1 Å². The zero-order chi connectivity index (χ0) is 15.2. The van der Waals surface area contributed by atoms with Crippen LogP contribution in [0.25, 0.3) is 0 Å². The van der Waals surface area contributed by atoms with E-state index in [4.69, 9.17) is 9.47 Å². The third kappa shape index (κ3) is 4.21. The lowest BCUT2D eigenvalue weighted by molar-refractivity contribution is -0.135. The molecule has 5 nitrogen and oxygen atoms in total. The van der Waals surface area contributed by atoms with Crippen molar-refractivity contribution in [1.82, 2.24) is 0 Å². The van der Waals surface area contributed by atoms with Gasteiger partial charge in [-0.25, -0.2) is 0 Å². The molecule has 2 rings (SSSR count). The highest BCUT2D eigenvalue weighted by Crippen LogP contribution is 2.22. The summed E-state index contributed by atoms with van der Waals surface area (Å²) in [4.78, 5) is 22.9. The Labute approximate surface area is 123 Å². The molecule has 0 radical (unpaired) electrons. The minimum atomic E-state index is -0.421. The zero-order valence-electron chi connectivity index (χ0n) is 12.0. The van der Waals surface area contributed by atoms with Crippen LogP contribution in [0.1, 0.15) is 18.9 Å². The second-order valence-electron chi connectivity index (χ2n) is 4.67. The van der Waals surface area contributed by atoms with E-state index in [9.17, 15) is 9.59 Å². The Morgan fingerprint density at radius 1 is 1.29 bits per heavy atom. The molecule has 0 saturated heterocycles. The molecule has 0 aliphatic carbocycles. The third-order valence-corrected chi connectivity index (χ3v) is 2.94. The highest BCUT2D eigenvalue weighted by Gasteiger charge is 2.21. The lowest BCUT2D eigenvalue weighted by Gasteiger charge is -2.06. The molecule has 0 saturated carbocycles. The molecular weight excluding hydrogens is 270 g/mol. The predicted octanol–water partition coefficient (Wildman–Crippen LogP) is 2.68. The molecule has 0 fully saturated rings. The molecule has 21 heavy (non-hydrogen) atoms. The normalized spacial score (nSPS) is 14.2. The van der Waals surface area contributed by atoms with Gasteiger partial charge in [-0.1, -0.05) is 17.7 Å². The van der Waals surface area contributed by atoms with Crippen LogP contribution in [0.15, 0.2) is 47.9 Å². The molecule has 0 atom stereocenters. The van der Waals surface area contributed by atoms with Crippen LogP contribution in [0.2, 0.25) is 0 Å². The van der Waals surface area contributed by atoms with Crippen molar-refractivity contribution in [3.63, 3.8) is 0 Å². The van der Waals surface area contributed by atoms with Crippen molar-refractivity contribution in [2.24, 2.45) is 0 Å². The quantitative estimate of drug-likeness (QED) is 0.683. The number of hydrogen-bond donors (Lipinski definition) is 1. The van der Waals surface area contributed by atoms with Gasteiger partial charge < -0.3 is 14.8 Å². The fourth-order valence-electron chi connectivity index (χ4n) is 1.88. The Balaban J connectivity index is 2.07. The molecular formula is C16H17NO4. The van der Waals surface area contributed by atoms with Gasteiger partial charge in [0.25, 0.3) is 5.91 Å². The Morgan fingerprint density at radius 3 is 2.67 bits per heavy atom. The summed E-state index contributed by atoms with van der Waals surface area (Å²) in [6.45, 7) is 3.73. The first-order valence-corrected chi connectivity index (χ1v) is 6.64. The standard InChI is InChI=1S/C16H17NO4/c1-11-3-5-13(6-4-11)17-16(19)14-7-9-21-15(14)8-10-20-12(2)18/h3-6,8,10H,7,9H2,1-2H3,(H,17,19)/b10-8-. The van der Waals surface area contributed by atoms with Gasteiger partial charge in [0.05, 0.1) is 18.4 Å². The Bertz CT molecular complexity index is 599. The van der Waals surface area contributed by atoms with Crippen molar-refractivity contribution in [3.8, 4) is 0 Å². The van der Waals surface area contributed by atoms with E-state index in [2.05, 4.69) is 5.32 Å². The Kier molecular flexibility index (Phi) is 4.77. The van der Waals surface area contributed by atoms with E-state index < -0.39 is 5.97 Å². The van der Waals surface area contributed by atoms with E-state index >= 15 is 0 Å². The summed E-state index contributed by atoms with van der Waals surface area (Å²) in [6.07, 6.45) is 3.23. The van der Waals surface area contributed by atoms with E-state index in [-0.39, 0.29) is 5.91 Å². The molecule has 1 aliphatic heterocycles. The molecule has 0 aromatic heterocycles. The lowest BCUT2D eigenvalue weighted by atomic mass is 10.1. The first-order valence-electron chi connectivity index (χ1n) is 6.64. The number of nitrogens with one attached hydrogen (secondary N) is 1. The van der Waals surface area contributed by atoms with Crippen molar-refractivity contribution in [1.29, 1.82) is 0 Å². The second kappa shape index (κ2) is 6.74. The maximum Gasteiger partial charge on any atom is 0.307 e. The van der Waals surface area contributed by atoms with Gasteiger partial charge in [0.15, 0.2) is 0 Å². The van der Waals surface area contributed by atoms with E-state index in [1.807, 2.05) is 31.2 Å². The first-order chi connectivity index (χ1) is 10.1. The summed E-state index contributed by atoms with van der Waals surface area (Å²) >= 11 is 0. The molecule has 1 aromatic rings. The van der Waals surface area contributed by atoms with Gasteiger partial charge in [0.1, 0.15) is 5.76 Å². The van der Waals surface area contributed by atoms with Gasteiger partial charge in [-0.2, -0.15) is 0 Å². The van der Waals surface area contributed by atoms with Crippen LogP contribution in [-0.4, -0.2) is 18.5 Å². The van der Waals surface area contributed by atoms with Crippen molar-refractivity contribution in [3.05, 3.63) is 53.5 Å². The Hall–Kier alpha value is -2.56. The predicted molar refractivity (Wildman–Crippen MR) is 78.3 cm³/mol. The van der Waals surface area contributed by atoms with Crippen molar-refractivity contribution in [2.45, 2.75) is 20.3 Å². The van der Waals surface area contributed by atoms with Gasteiger partial charge in [0.2, 0.25) is 0 Å². The van der Waals surface area contributed by atoms with E-state index in [1.165, 1.54) is 19.3 Å². The van der Waals surface area contributed by atoms with Crippen LogP contribution in [0.3, 0.4) is 0 Å². The largest absolute Gasteiger partial charge is 0.493 e. The number of carbonyl (C=O) groups excluding carboxylic acids is 2. The summed E-state index contributed by atoms with van der Waals surface area (Å²) < 4.78 is 10.1. The molecule has 1 aliphatic rings. The number of benzene rings is 1. The fraction of sp³-hybridized carbons (Fsp3) is 0.250. The lowest BCUT2D eigenvalue weighted by Crippen LogP contribution is -2.14. The summed E-state index contributed by atoms with van der Waals surface area (Å²) in [5.74, 6) is -0.199. The fourth-order valence-corrected chi connectivity index (χ4v) is 1.88. The van der Waals surface area contributed by atoms with Crippen LogP contribution < -0.4 is 5.32 Å².